The molecule has 0 aliphatic heterocycles. The van der Waals surface area contributed by atoms with Crippen LogP contribution in [0.1, 0.15) is 13.8 Å². The van der Waals surface area contributed by atoms with E-state index in [4.69, 9.17) is 0 Å². The Balaban J connectivity index is 5.25. The van der Waals surface area contributed by atoms with E-state index in [-0.39, 0.29) is 0 Å². The summed E-state index contributed by atoms with van der Waals surface area (Å²) in [4.78, 5) is 11.2. The van der Waals surface area contributed by atoms with Crippen molar-refractivity contribution < 1.29 is 34.8 Å². The zero-order valence-electron chi connectivity index (χ0n) is 9.09. The maximum atomic E-state index is 12.0. The summed E-state index contributed by atoms with van der Waals surface area (Å²) in [7, 11) is -8.92. The van der Waals surface area contributed by atoms with Gasteiger partial charge in [0.05, 0.1) is 0 Å². The van der Waals surface area contributed by atoms with Crippen LogP contribution in [0.4, 0.5) is 13.2 Å². The molecular weight excluding hydrogens is 301 g/mol. The molecule has 0 aliphatic carbocycles. The minimum absolute atomic E-state index is 0.724. The van der Waals surface area contributed by atoms with Gasteiger partial charge in [0.1, 0.15) is 6.04 Å². The van der Waals surface area contributed by atoms with E-state index >= 15 is 0 Å². The number of nitrogens with zero attached hydrogens (tertiary/aromatic N) is 1. The normalized spacial score (nSPS) is 14.1. The number of hydrogen-bond acceptors (Lipinski definition) is 6. The highest BCUT2D eigenvalue weighted by molar-refractivity contribution is 7.90. The van der Waals surface area contributed by atoms with Crippen molar-refractivity contribution in [2.45, 2.75) is 25.4 Å². The molecule has 0 aromatic heterocycles. The highest BCUT2D eigenvalue weighted by Gasteiger charge is 2.47. The number of hydrogen-bond donors (Lipinski definition) is 1. The van der Waals surface area contributed by atoms with E-state index in [2.05, 4.69) is 4.36 Å². The monoisotopic (exact) mass is 310 g/mol. The van der Waals surface area contributed by atoms with Gasteiger partial charge < -0.3 is 0 Å². The number of carbonyl (C=O) groups is 1. The third kappa shape index (κ3) is 4.60. The van der Waals surface area contributed by atoms with E-state index in [0.717, 1.165) is 4.72 Å². The van der Waals surface area contributed by atoms with Crippen LogP contribution < -0.4 is 4.72 Å². The van der Waals surface area contributed by atoms with Gasteiger partial charge in [-0.2, -0.15) is 34.4 Å². The summed E-state index contributed by atoms with van der Waals surface area (Å²) in [6, 6.07) is -1.75. The molecule has 0 aromatic carbocycles. The minimum atomic E-state index is -5.87. The highest BCUT2D eigenvalue weighted by atomic mass is 32.2. The number of sulfonamides is 1. The van der Waals surface area contributed by atoms with Crippen molar-refractivity contribution in [3.8, 4) is 0 Å². The van der Waals surface area contributed by atoms with Gasteiger partial charge in [0.25, 0.3) is 5.91 Å². The summed E-state index contributed by atoms with van der Waals surface area (Å²) >= 11 is 0. The van der Waals surface area contributed by atoms with Gasteiger partial charge in [-0.15, -0.1) is 0 Å². The smallest absolute Gasteiger partial charge is 0.271 e. The Labute approximate surface area is 102 Å². The Morgan fingerprint density at radius 3 is 2.00 bits per heavy atom. The van der Waals surface area contributed by atoms with Crippen LogP contribution in [0.25, 0.3) is 0 Å². The quantitative estimate of drug-likeness (QED) is 0.788. The van der Waals surface area contributed by atoms with Crippen LogP contribution in [-0.4, -0.2) is 34.3 Å². The number of carbonyl (C=O) groups excluding carboxylic acids is 1. The molecule has 0 aliphatic rings. The molecule has 0 rings (SSSR count). The van der Waals surface area contributed by atoms with Gasteiger partial charge in [-0.1, -0.05) is 13.8 Å². The predicted octanol–water partition coefficient (Wildman–Crippen LogP) is 0.0395. The Hall–Kier alpha value is -1.17. The molecule has 7 nitrogen and oxygen atoms in total. The average molecular weight is 310 g/mol. The molecule has 0 fully saturated rings. The fourth-order valence-electron chi connectivity index (χ4n) is 0.816. The summed E-state index contributed by atoms with van der Waals surface area (Å²) in [5.74, 6) is -2.46. The molecule has 0 radical (unpaired) electrons. The maximum Gasteiger partial charge on any atom is 0.516 e. The van der Waals surface area contributed by atoms with Crippen molar-refractivity contribution in [2.24, 2.45) is 10.3 Å². The lowest BCUT2D eigenvalue weighted by atomic mass is 10.1. The molecule has 0 bridgehead atoms. The second kappa shape index (κ2) is 5.65. The van der Waals surface area contributed by atoms with Gasteiger partial charge in [0.15, 0.2) is 0 Å². The summed E-state index contributed by atoms with van der Waals surface area (Å²) in [5, 5.41) is 0. The first-order valence-corrected chi connectivity index (χ1v) is 6.83. The maximum absolute atomic E-state index is 12.0. The lowest BCUT2D eigenvalue weighted by Gasteiger charge is -2.15. The largest absolute Gasteiger partial charge is 0.516 e. The van der Waals surface area contributed by atoms with Crippen molar-refractivity contribution in [2.75, 3.05) is 0 Å². The van der Waals surface area contributed by atoms with Crippen LogP contribution in [0.3, 0.4) is 0 Å². The van der Waals surface area contributed by atoms with E-state index in [1.165, 1.54) is 13.8 Å². The molecule has 106 valence electrons. The van der Waals surface area contributed by atoms with Crippen LogP contribution in [0.5, 0.6) is 0 Å². The van der Waals surface area contributed by atoms with Crippen LogP contribution in [0, 0.1) is 5.92 Å². The van der Waals surface area contributed by atoms with Crippen molar-refractivity contribution in [1.29, 1.82) is 0 Å². The summed E-state index contributed by atoms with van der Waals surface area (Å²) in [6.45, 7) is 2.58. The lowest BCUT2D eigenvalue weighted by Crippen LogP contribution is -2.45. The number of alkyl halides is 3. The Morgan fingerprint density at radius 1 is 1.28 bits per heavy atom. The van der Waals surface area contributed by atoms with Crippen LogP contribution in [-0.2, 0) is 25.3 Å². The molecule has 0 saturated heterocycles. The van der Waals surface area contributed by atoms with E-state index in [1.807, 2.05) is 0 Å². The highest BCUT2D eigenvalue weighted by Crippen LogP contribution is 2.22. The molecule has 0 saturated carbocycles. The average Bonchev–Trinajstić information content (AvgIpc) is 2.10. The SMILES string of the molecule is CC(C)[C@H](N=S(=O)=O)C(=O)NS(=O)(=O)C(F)(F)F. The lowest BCUT2D eigenvalue weighted by molar-refractivity contribution is -0.122. The van der Waals surface area contributed by atoms with Crippen LogP contribution in [0.2, 0.25) is 0 Å². The molecule has 0 spiro atoms. The predicted molar refractivity (Wildman–Crippen MR) is 53.1 cm³/mol. The van der Waals surface area contributed by atoms with E-state index in [0.29, 0.717) is 0 Å². The fraction of sp³-hybridized carbons (Fsp3) is 0.833. The number of halogens is 3. The first-order chi connectivity index (χ1) is 7.88. The molecule has 1 atom stereocenters. The van der Waals surface area contributed by atoms with Crippen molar-refractivity contribution >= 4 is 26.4 Å². The zero-order chi connectivity index (χ0) is 14.7. The van der Waals surface area contributed by atoms with Gasteiger partial charge in [0.2, 0.25) is 0 Å². The summed E-state index contributed by atoms with van der Waals surface area (Å²) in [6.07, 6.45) is 0. The van der Waals surface area contributed by atoms with Crippen molar-refractivity contribution in [1.82, 2.24) is 4.72 Å². The Morgan fingerprint density at radius 2 is 1.72 bits per heavy atom. The third-order valence-electron chi connectivity index (χ3n) is 1.64. The summed E-state index contributed by atoms with van der Waals surface area (Å²) < 4.78 is 81.2. The van der Waals surface area contributed by atoms with Crippen molar-refractivity contribution in [3.63, 3.8) is 0 Å². The number of nitrogens with one attached hydrogen (secondary N) is 1. The van der Waals surface area contributed by atoms with Gasteiger partial charge >= 0.3 is 26.0 Å². The molecular formula is C6H9F3N2O5S2. The van der Waals surface area contributed by atoms with Crippen LogP contribution >= 0.6 is 0 Å². The Kier molecular flexibility index (Phi) is 5.28. The molecule has 12 heteroatoms. The molecule has 0 heterocycles. The first-order valence-electron chi connectivity index (χ1n) is 4.31. The minimum Gasteiger partial charge on any atom is -0.271 e. The van der Waals surface area contributed by atoms with Gasteiger partial charge in [-0.05, 0) is 5.92 Å². The number of amides is 1. The molecule has 0 aromatic rings. The van der Waals surface area contributed by atoms with E-state index in [9.17, 15) is 34.8 Å². The molecule has 1 amide bonds. The molecule has 0 unspecified atom stereocenters. The first kappa shape index (κ1) is 16.8. The van der Waals surface area contributed by atoms with Crippen LogP contribution in [0.15, 0.2) is 4.36 Å². The van der Waals surface area contributed by atoms with Crippen molar-refractivity contribution in [3.05, 3.63) is 0 Å². The standard InChI is InChI=1S/C6H9F3N2O5S2/c1-3(2)4(10-17(13)14)5(12)11-18(15,16)6(7,8)9/h3-4H,1-2H3,(H,11,12)/t4-/m0/s1. The van der Waals surface area contributed by atoms with Gasteiger partial charge in [-0.3, -0.25) is 4.79 Å². The topological polar surface area (TPSA) is 110 Å². The fourth-order valence-corrected chi connectivity index (χ4v) is 1.84. The molecule has 1 N–H and O–H groups in total. The van der Waals surface area contributed by atoms with Gasteiger partial charge in [0, 0.05) is 0 Å². The third-order valence-corrected chi connectivity index (χ3v) is 3.12. The second-order valence-electron chi connectivity index (χ2n) is 3.43. The number of rotatable bonds is 4. The second-order valence-corrected chi connectivity index (χ2v) is 5.75. The zero-order valence-corrected chi connectivity index (χ0v) is 10.7. The molecule has 18 heavy (non-hydrogen) atoms. The van der Waals surface area contributed by atoms with Gasteiger partial charge in [-0.25, -0.2) is 4.72 Å². The van der Waals surface area contributed by atoms with E-state index in [1.54, 1.807) is 0 Å². The van der Waals surface area contributed by atoms with E-state index < -0.39 is 43.9 Å². The summed E-state index contributed by atoms with van der Waals surface area (Å²) in [5.41, 5.74) is -5.67. The Bertz CT molecular complexity index is 540.